The predicted molar refractivity (Wildman–Crippen MR) is 61.9 cm³/mol. The smallest absolute Gasteiger partial charge is 0.221 e. The highest BCUT2D eigenvalue weighted by Gasteiger charge is 2.01. The average Bonchev–Trinajstić information content (AvgIpc) is 2.69. The van der Waals surface area contributed by atoms with Gasteiger partial charge in [0.25, 0.3) is 0 Å². The summed E-state index contributed by atoms with van der Waals surface area (Å²) in [4.78, 5) is 16.0. The maximum Gasteiger partial charge on any atom is 0.221 e. The molecule has 1 N–H and O–H groups in total. The maximum absolute atomic E-state index is 10.9. The van der Waals surface area contributed by atoms with Crippen LogP contribution < -0.4 is 5.32 Å². The van der Waals surface area contributed by atoms with Crippen LogP contribution in [0.15, 0.2) is 36.0 Å². The van der Waals surface area contributed by atoms with Crippen molar-refractivity contribution in [3.05, 3.63) is 36.0 Å². The van der Waals surface area contributed by atoms with E-state index in [2.05, 4.69) is 10.3 Å². The van der Waals surface area contributed by atoms with Crippen LogP contribution in [-0.2, 0) is 4.79 Å². The van der Waals surface area contributed by atoms with Gasteiger partial charge in [0.15, 0.2) is 0 Å². The lowest BCUT2D eigenvalue weighted by atomic mass is 10.2. The number of aromatic nitrogens is 1. The molecular formula is C11H10N2OS. The van der Waals surface area contributed by atoms with Crippen molar-refractivity contribution in [2.45, 2.75) is 6.92 Å². The van der Waals surface area contributed by atoms with E-state index in [4.69, 9.17) is 0 Å². The van der Waals surface area contributed by atoms with E-state index in [9.17, 15) is 4.79 Å². The lowest BCUT2D eigenvalue weighted by Crippen LogP contribution is -2.05. The zero-order valence-corrected chi connectivity index (χ0v) is 9.04. The van der Waals surface area contributed by atoms with E-state index in [0.717, 1.165) is 16.1 Å². The molecule has 0 aliphatic rings. The number of carbonyl (C=O) groups is 1. The molecule has 0 saturated heterocycles. The Bertz CT molecular complexity index is 465. The summed E-state index contributed by atoms with van der Waals surface area (Å²) in [7, 11) is 0. The van der Waals surface area contributed by atoms with Gasteiger partial charge in [-0.05, 0) is 17.7 Å². The van der Waals surface area contributed by atoms with Gasteiger partial charge in [-0.3, -0.25) is 9.78 Å². The summed E-state index contributed by atoms with van der Waals surface area (Å²) in [5, 5.41) is 2.75. The molecular weight excluding hydrogens is 208 g/mol. The van der Waals surface area contributed by atoms with Gasteiger partial charge in [-0.15, -0.1) is 11.3 Å². The number of nitrogens with zero attached hydrogens (tertiary/aromatic N) is 1. The molecule has 0 aliphatic heterocycles. The first-order valence-electron chi connectivity index (χ1n) is 4.52. The Labute approximate surface area is 91.8 Å². The van der Waals surface area contributed by atoms with E-state index in [-0.39, 0.29) is 5.91 Å². The summed E-state index contributed by atoms with van der Waals surface area (Å²) in [5.74, 6) is -0.0588. The first-order valence-corrected chi connectivity index (χ1v) is 5.40. The summed E-state index contributed by atoms with van der Waals surface area (Å²) < 4.78 is 0. The fourth-order valence-corrected chi connectivity index (χ4v) is 1.93. The van der Waals surface area contributed by atoms with E-state index in [0.29, 0.717) is 0 Å². The predicted octanol–water partition coefficient (Wildman–Crippen LogP) is 2.77. The van der Waals surface area contributed by atoms with Crippen molar-refractivity contribution in [2.24, 2.45) is 0 Å². The Morgan fingerprint density at radius 2 is 2.33 bits per heavy atom. The minimum Gasteiger partial charge on any atom is -0.326 e. The molecule has 0 bridgehead atoms. The summed E-state index contributed by atoms with van der Waals surface area (Å²) in [5.41, 5.74) is 3.68. The fraction of sp³-hybridized carbons (Fsp3) is 0.0909. The monoisotopic (exact) mass is 218 g/mol. The normalized spacial score (nSPS) is 9.93. The first kappa shape index (κ1) is 9.86. The second-order valence-corrected chi connectivity index (χ2v) is 4.01. The molecule has 2 rings (SSSR count). The molecule has 1 aromatic carbocycles. The quantitative estimate of drug-likeness (QED) is 0.842. The molecule has 1 heterocycles. The van der Waals surface area contributed by atoms with Crippen LogP contribution in [0.5, 0.6) is 0 Å². The van der Waals surface area contributed by atoms with Gasteiger partial charge in [0.1, 0.15) is 0 Å². The summed E-state index contributed by atoms with van der Waals surface area (Å²) >= 11 is 1.58. The van der Waals surface area contributed by atoms with Crippen LogP contribution in [-0.4, -0.2) is 10.9 Å². The highest BCUT2D eigenvalue weighted by atomic mass is 32.1. The second kappa shape index (κ2) is 4.23. The van der Waals surface area contributed by atoms with Gasteiger partial charge < -0.3 is 5.32 Å². The van der Waals surface area contributed by atoms with Gasteiger partial charge in [-0.25, -0.2) is 0 Å². The van der Waals surface area contributed by atoms with Gasteiger partial charge in [-0.2, -0.15) is 0 Å². The van der Waals surface area contributed by atoms with Gasteiger partial charge in [0.05, 0.1) is 10.4 Å². The zero-order chi connectivity index (χ0) is 10.7. The SMILES string of the molecule is CC(=O)Nc1cccc(-c2cncs2)c1. The molecule has 0 saturated carbocycles. The van der Waals surface area contributed by atoms with Crippen molar-refractivity contribution in [1.29, 1.82) is 0 Å². The highest BCUT2D eigenvalue weighted by Crippen LogP contribution is 2.25. The Kier molecular flexibility index (Phi) is 2.78. The Morgan fingerprint density at radius 1 is 1.47 bits per heavy atom. The molecule has 0 radical (unpaired) electrons. The molecule has 0 aliphatic carbocycles. The molecule has 4 heteroatoms. The van der Waals surface area contributed by atoms with Crippen LogP contribution in [0.2, 0.25) is 0 Å². The molecule has 3 nitrogen and oxygen atoms in total. The van der Waals surface area contributed by atoms with Crippen LogP contribution in [0, 0.1) is 0 Å². The average molecular weight is 218 g/mol. The van der Waals surface area contributed by atoms with Crippen LogP contribution in [0.4, 0.5) is 5.69 Å². The van der Waals surface area contributed by atoms with Gasteiger partial charge in [-0.1, -0.05) is 12.1 Å². The van der Waals surface area contributed by atoms with Crippen molar-refractivity contribution in [3.63, 3.8) is 0 Å². The largest absolute Gasteiger partial charge is 0.326 e. The van der Waals surface area contributed by atoms with Crippen molar-refractivity contribution < 1.29 is 4.79 Å². The van der Waals surface area contributed by atoms with Crippen molar-refractivity contribution in [1.82, 2.24) is 4.98 Å². The number of rotatable bonds is 2. The maximum atomic E-state index is 10.9. The van der Waals surface area contributed by atoms with E-state index >= 15 is 0 Å². The van der Waals surface area contributed by atoms with Crippen LogP contribution in [0.1, 0.15) is 6.92 Å². The third-order valence-electron chi connectivity index (χ3n) is 1.90. The summed E-state index contributed by atoms with van der Waals surface area (Å²) in [6, 6.07) is 7.72. The minimum absolute atomic E-state index is 0.0588. The number of amides is 1. The Morgan fingerprint density at radius 3 is 3.00 bits per heavy atom. The lowest BCUT2D eigenvalue weighted by Gasteiger charge is -2.03. The topological polar surface area (TPSA) is 42.0 Å². The summed E-state index contributed by atoms with van der Waals surface area (Å²) in [6.45, 7) is 1.50. The van der Waals surface area contributed by atoms with Crippen LogP contribution in [0.3, 0.4) is 0 Å². The zero-order valence-electron chi connectivity index (χ0n) is 8.23. The lowest BCUT2D eigenvalue weighted by molar-refractivity contribution is -0.114. The number of hydrogen-bond donors (Lipinski definition) is 1. The van der Waals surface area contributed by atoms with Gasteiger partial charge in [0, 0.05) is 18.8 Å². The molecule has 0 atom stereocenters. The fourth-order valence-electron chi connectivity index (χ4n) is 1.31. The summed E-state index contributed by atoms with van der Waals surface area (Å²) in [6.07, 6.45) is 1.82. The number of carbonyl (C=O) groups excluding carboxylic acids is 1. The Balaban J connectivity index is 2.31. The molecule has 76 valence electrons. The first-order chi connectivity index (χ1) is 7.25. The van der Waals surface area contributed by atoms with E-state index in [1.165, 1.54) is 6.92 Å². The van der Waals surface area contributed by atoms with Gasteiger partial charge >= 0.3 is 0 Å². The third-order valence-corrected chi connectivity index (χ3v) is 2.72. The molecule has 0 fully saturated rings. The van der Waals surface area contributed by atoms with E-state index < -0.39 is 0 Å². The van der Waals surface area contributed by atoms with E-state index in [1.54, 1.807) is 16.8 Å². The molecule has 1 aromatic heterocycles. The Hall–Kier alpha value is -1.68. The molecule has 15 heavy (non-hydrogen) atoms. The van der Waals surface area contributed by atoms with Crippen molar-refractivity contribution in [2.75, 3.05) is 5.32 Å². The number of thiazole rings is 1. The molecule has 1 amide bonds. The van der Waals surface area contributed by atoms with Crippen molar-refractivity contribution in [3.8, 4) is 10.4 Å². The highest BCUT2D eigenvalue weighted by molar-refractivity contribution is 7.13. The third kappa shape index (κ3) is 2.41. The van der Waals surface area contributed by atoms with Crippen molar-refractivity contribution >= 4 is 22.9 Å². The van der Waals surface area contributed by atoms with E-state index in [1.807, 2.05) is 30.5 Å². The van der Waals surface area contributed by atoms with Crippen LogP contribution in [0.25, 0.3) is 10.4 Å². The molecule has 0 spiro atoms. The van der Waals surface area contributed by atoms with Gasteiger partial charge in [0.2, 0.25) is 5.91 Å². The number of anilines is 1. The minimum atomic E-state index is -0.0588. The number of benzene rings is 1. The molecule has 2 aromatic rings. The number of nitrogens with one attached hydrogen (secondary N) is 1. The second-order valence-electron chi connectivity index (χ2n) is 3.13. The number of hydrogen-bond acceptors (Lipinski definition) is 3. The molecule has 0 unspecified atom stereocenters. The van der Waals surface area contributed by atoms with Crippen LogP contribution >= 0.6 is 11.3 Å². The standard InChI is InChI=1S/C11H10N2OS/c1-8(14)13-10-4-2-3-9(5-10)11-6-12-7-15-11/h2-7H,1H3,(H,13,14).